The molecule has 0 aliphatic rings. The lowest BCUT2D eigenvalue weighted by molar-refractivity contribution is 0.0594. The van der Waals surface area contributed by atoms with Crippen LogP contribution >= 0.6 is 27.5 Å². The van der Waals surface area contributed by atoms with Crippen molar-refractivity contribution < 1.29 is 9.53 Å². The molecule has 1 aromatic heterocycles. The first-order valence-corrected chi connectivity index (χ1v) is 4.22. The molecular formula is C7H5BrClNO2. The second-order valence-electron chi connectivity index (χ2n) is 1.98. The molecule has 0 unspecified atom stereocenters. The summed E-state index contributed by atoms with van der Waals surface area (Å²) in [6, 6.07) is 3.13. The molecule has 0 radical (unpaired) electrons. The van der Waals surface area contributed by atoms with Gasteiger partial charge in [0.25, 0.3) is 0 Å². The highest BCUT2D eigenvalue weighted by Gasteiger charge is 2.08. The van der Waals surface area contributed by atoms with Gasteiger partial charge in [0.2, 0.25) is 0 Å². The van der Waals surface area contributed by atoms with Gasteiger partial charge in [-0.3, -0.25) is 0 Å². The number of nitrogens with zero attached hydrogens (tertiary/aromatic N) is 1. The highest BCUT2D eigenvalue weighted by Crippen LogP contribution is 2.16. The molecule has 12 heavy (non-hydrogen) atoms. The fourth-order valence-electron chi connectivity index (χ4n) is 0.675. The lowest BCUT2D eigenvalue weighted by atomic mass is 10.3. The maximum absolute atomic E-state index is 11.0. The maximum atomic E-state index is 11.0. The van der Waals surface area contributed by atoms with Crippen LogP contribution in [0.1, 0.15) is 10.5 Å². The number of aromatic nitrogens is 1. The van der Waals surface area contributed by atoms with Gasteiger partial charge < -0.3 is 4.74 Å². The number of hydrogen-bond acceptors (Lipinski definition) is 3. The molecule has 0 bridgehead atoms. The average Bonchev–Trinajstić information content (AvgIpc) is 2.01. The first-order valence-electron chi connectivity index (χ1n) is 3.05. The molecule has 0 aromatic carbocycles. The van der Waals surface area contributed by atoms with E-state index in [4.69, 9.17) is 11.6 Å². The minimum Gasteiger partial charge on any atom is -0.464 e. The Labute approximate surface area is 82.8 Å². The van der Waals surface area contributed by atoms with E-state index >= 15 is 0 Å². The number of rotatable bonds is 1. The van der Waals surface area contributed by atoms with E-state index in [0.717, 1.165) is 0 Å². The summed E-state index contributed by atoms with van der Waals surface area (Å²) in [7, 11) is 1.29. The molecule has 0 aliphatic heterocycles. The van der Waals surface area contributed by atoms with E-state index in [1.54, 1.807) is 6.07 Å². The molecule has 0 amide bonds. The number of hydrogen-bond donors (Lipinski definition) is 0. The van der Waals surface area contributed by atoms with Gasteiger partial charge in [-0.25, -0.2) is 9.78 Å². The molecule has 0 aliphatic carbocycles. The number of carbonyl (C=O) groups is 1. The standard InChI is InChI=1S/C7H5BrClNO2/c1-12-7(11)5-2-4(8)3-6(9)10-5/h2-3H,1H3. The predicted octanol–water partition coefficient (Wildman–Crippen LogP) is 2.28. The fraction of sp³-hybridized carbons (Fsp3) is 0.143. The molecule has 64 valence electrons. The van der Waals surface area contributed by atoms with Crippen LogP contribution in [0.25, 0.3) is 0 Å². The van der Waals surface area contributed by atoms with E-state index in [0.29, 0.717) is 4.47 Å². The normalized spacial score (nSPS) is 9.58. The summed E-state index contributed by atoms with van der Waals surface area (Å²) in [6.07, 6.45) is 0. The number of halogens is 2. The Bertz CT molecular complexity index is 296. The molecule has 1 aromatic rings. The minimum absolute atomic E-state index is 0.192. The Kier molecular flexibility index (Phi) is 3.05. The predicted molar refractivity (Wildman–Crippen MR) is 48.3 cm³/mol. The Balaban J connectivity index is 3.08. The lowest BCUT2D eigenvalue weighted by Gasteiger charge is -1.98. The third kappa shape index (κ3) is 2.19. The Hall–Kier alpha value is -0.610. The molecule has 0 N–H and O–H groups in total. The van der Waals surface area contributed by atoms with Crippen LogP contribution in [-0.2, 0) is 4.74 Å². The fourth-order valence-corrected chi connectivity index (χ4v) is 1.45. The number of pyridine rings is 1. The van der Waals surface area contributed by atoms with Crippen LogP contribution < -0.4 is 0 Å². The van der Waals surface area contributed by atoms with Crippen LogP contribution in [0, 0.1) is 0 Å². The molecule has 0 saturated carbocycles. The van der Waals surface area contributed by atoms with E-state index in [1.165, 1.54) is 13.2 Å². The average molecular weight is 250 g/mol. The third-order valence-corrected chi connectivity index (χ3v) is 1.80. The maximum Gasteiger partial charge on any atom is 0.356 e. The van der Waals surface area contributed by atoms with Crippen molar-refractivity contribution in [3.8, 4) is 0 Å². The molecule has 0 spiro atoms. The van der Waals surface area contributed by atoms with Crippen molar-refractivity contribution in [2.24, 2.45) is 0 Å². The molecule has 1 rings (SSSR count). The van der Waals surface area contributed by atoms with Crippen molar-refractivity contribution in [1.29, 1.82) is 0 Å². The Morgan fingerprint density at radius 2 is 2.33 bits per heavy atom. The minimum atomic E-state index is -0.502. The van der Waals surface area contributed by atoms with Crippen LogP contribution in [-0.4, -0.2) is 18.1 Å². The zero-order valence-electron chi connectivity index (χ0n) is 6.17. The molecule has 0 fully saturated rings. The van der Waals surface area contributed by atoms with Gasteiger partial charge in [0.15, 0.2) is 5.69 Å². The van der Waals surface area contributed by atoms with Crippen molar-refractivity contribution in [3.63, 3.8) is 0 Å². The summed E-state index contributed by atoms with van der Waals surface area (Å²) in [5.74, 6) is -0.502. The van der Waals surface area contributed by atoms with Crippen molar-refractivity contribution in [2.45, 2.75) is 0 Å². The summed E-state index contributed by atoms with van der Waals surface area (Å²) < 4.78 is 5.16. The summed E-state index contributed by atoms with van der Waals surface area (Å²) in [5.41, 5.74) is 0.192. The Morgan fingerprint density at radius 1 is 1.67 bits per heavy atom. The van der Waals surface area contributed by atoms with Gasteiger partial charge in [-0.2, -0.15) is 0 Å². The van der Waals surface area contributed by atoms with E-state index in [1.807, 2.05) is 0 Å². The van der Waals surface area contributed by atoms with E-state index in [9.17, 15) is 4.79 Å². The van der Waals surface area contributed by atoms with Gasteiger partial charge in [-0.1, -0.05) is 27.5 Å². The van der Waals surface area contributed by atoms with Crippen molar-refractivity contribution in [2.75, 3.05) is 7.11 Å². The first-order chi connectivity index (χ1) is 5.63. The number of ether oxygens (including phenoxy) is 1. The van der Waals surface area contributed by atoms with Crippen LogP contribution in [0.5, 0.6) is 0 Å². The SMILES string of the molecule is COC(=O)c1cc(Br)cc(Cl)n1. The van der Waals surface area contributed by atoms with Crippen molar-refractivity contribution >= 4 is 33.5 Å². The molecule has 1 heterocycles. The third-order valence-electron chi connectivity index (χ3n) is 1.15. The van der Waals surface area contributed by atoms with E-state index in [2.05, 4.69) is 25.7 Å². The van der Waals surface area contributed by atoms with Gasteiger partial charge >= 0.3 is 5.97 Å². The van der Waals surface area contributed by atoms with Crippen molar-refractivity contribution in [1.82, 2.24) is 4.98 Å². The quantitative estimate of drug-likeness (QED) is 0.567. The van der Waals surface area contributed by atoms with Gasteiger partial charge in [0.1, 0.15) is 5.15 Å². The number of carbonyl (C=O) groups excluding carboxylic acids is 1. The van der Waals surface area contributed by atoms with Crippen LogP contribution in [0.4, 0.5) is 0 Å². The molecule has 3 nitrogen and oxygen atoms in total. The second kappa shape index (κ2) is 3.87. The lowest BCUT2D eigenvalue weighted by Crippen LogP contribution is -2.03. The number of methoxy groups -OCH3 is 1. The van der Waals surface area contributed by atoms with Crippen LogP contribution in [0.15, 0.2) is 16.6 Å². The molecular weight excluding hydrogens is 245 g/mol. The zero-order chi connectivity index (χ0) is 9.14. The van der Waals surface area contributed by atoms with Gasteiger partial charge in [-0.15, -0.1) is 0 Å². The highest BCUT2D eigenvalue weighted by molar-refractivity contribution is 9.10. The summed E-state index contributed by atoms with van der Waals surface area (Å²) in [4.78, 5) is 14.7. The van der Waals surface area contributed by atoms with E-state index < -0.39 is 5.97 Å². The highest BCUT2D eigenvalue weighted by atomic mass is 79.9. The smallest absolute Gasteiger partial charge is 0.356 e. The summed E-state index contributed by atoms with van der Waals surface area (Å²) in [6.45, 7) is 0. The summed E-state index contributed by atoms with van der Waals surface area (Å²) in [5, 5.41) is 0.254. The van der Waals surface area contributed by atoms with Crippen LogP contribution in [0.2, 0.25) is 5.15 Å². The van der Waals surface area contributed by atoms with Gasteiger partial charge in [-0.05, 0) is 12.1 Å². The second-order valence-corrected chi connectivity index (χ2v) is 3.29. The Morgan fingerprint density at radius 3 is 2.83 bits per heavy atom. The van der Waals surface area contributed by atoms with Crippen molar-refractivity contribution in [3.05, 3.63) is 27.5 Å². The largest absolute Gasteiger partial charge is 0.464 e. The summed E-state index contributed by atoms with van der Waals surface area (Å²) >= 11 is 8.78. The monoisotopic (exact) mass is 249 g/mol. The zero-order valence-corrected chi connectivity index (χ0v) is 8.52. The first kappa shape index (κ1) is 9.48. The van der Waals surface area contributed by atoms with Crippen LogP contribution in [0.3, 0.4) is 0 Å². The van der Waals surface area contributed by atoms with Gasteiger partial charge in [0.05, 0.1) is 7.11 Å². The molecule has 5 heteroatoms. The topological polar surface area (TPSA) is 39.2 Å². The van der Waals surface area contributed by atoms with Gasteiger partial charge in [0, 0.05) is 4.47 Å². The molecule has 0 saturated heterocycles. The molecule has 0 atom stereocenters. The van der Waals surface area contributed by atoms with E-state index in [-0.39, 0.29) is 10.8 Å². The number of esters is 1.